The molecule has 0 aliphatic heterocycles. The number of aliphatic hydroxyl groups is 1. The summed E-state index contributed by atoms with van der Waals surface area (Å²) in [6.07, 6.45) is 0. The average molecular weight is 145 g/mol. The van der Waals surface area contributed by atoms with Crippen LogP contribution in [0, 0.1) is 13.8 Å². The van der Waals surface area contributed by atoms with Crippen LogP contribution in [0.1, 0.15) is 18.3 Å². The Morgan fingerprint density at radius 1 is 1.78 bits per heavy atom. The summed E-state index contributed by atoms with van der Waals surface area (Å²) in [7, 11) is 0. The van der Waals surface area contributed by atoms with Gasteiger partial charge in [0.2, 0.25) is 0 Å². The van der Waals surface area contributed by atoms with E-state index in [1.807, 2.05) is 0 Å². The molecular formula is C6H9NOS. The lowest BCUT2D eigenvalue weighted by molar-refractivity contribution is 0.284. The van der Waals surface area contributed by atoms with Gasteiger partial charge in [-0.3, -0.25) is 0 Å². The second-order valence-electron chi connectivity index (χ2n) is 1.76. The zero-order valence-corrected chi connectivity index (χ0v) is 6.12. The third-order valence-electron chi connectivity index (χ3n) is 1.01. The maximum absolute atomic E-state index is 8.99. The maximum Gasteiger partial charge on any atom is 0.0900 e. The molecule has 1 N–H and O–H groups in total. The molecular weight excluding hydrogens is 134 g/mol. The first kappa shape index (κ1) is 4.41. The summed E-state index contributed by atoms with van der Waals surface area (Å²) in [4.78, 5) is 4.30. The fraction of sp³-hybridized carbons (Fsp3) is 0.500. The van der Waals surface area contributed by atoms with Crippen molar-refractivity contribution >= 4 is 11.3 Å². The predicted molar refractivity (Wildman–Crippen MR) is 37.5 cm³/mol. The molecule has 1 aromatic heterocycles. The predicted octanol–water partition coefficient (Wildman–Crippen LogP) is 1.25. The highest BCUT2D eigenvalue weighted by atomic mass is 32.1. The van der Waals surface area contributed by atoms with Gasteiger partial charge < -0.3 is 5.11 Å². The van der Waals surface area contributed by atoms with Crippen LogP contribution in [0.15, 0.2) is 0 Å². The van der Waals surface area contributed by atoms with Crippen molar-refractivity contribution < 1.29 is 7.85 Å². The lowest BCUT2D eigenvalue weighted by Gasteiger charge is -1.85. The van der Waals surface area contributed by atoms with E-state index in [4.69, 9.17) is 7.85 Å². The Labute approximate surface area is 61.0 Å². The Kier molecular flexibility index (Phi) is 1.20. The number of aryl methyl sites for hydroxylation is 2. The number of hydrogen-bond acceptors (Lipinski definition) is 3. The van der Waals surface area contributed by atoms with Gasteiger partial charge >= 0.3 is 0 Å². The minimum Gasteiger partial charge on any atom is -0.391 e. The quantitative estimate of drug-likeness (QED) is 0.645. The molecule has 3 heteroatoms. The molecule has 0 fully saturated rings. The summed E-state index contributed by atoms with van der Waals surface area (Å²) in [6, 6.07) is 0. The highest BCUT2D eigenvalue weighted by Crippen LogP contribution is 2.15. The van der Waals surface area contributed by atoms with E-state index in [-0.39, 0.29) is 0 Å². The smallest absolute Gasteiger partial charge is 0.0900 e. The number of aromatic nitrogens is 1. The van der Waals surface area contributed by atoms with Crippen LogP contribution in [0.2, 0.25) is 0 Å². The van der Waals surface area contributed by atoms with Gasteiger partial charge in [-0.05, 0) is 13.8 Å². The largest absolute Gasteiger partial charge is 0.391 e. The van der Waals surface area contributed by atoms with Gasteiger partial charge in [0.25, 0.3) is 0 Å². The Morgan fingerprint density at radius 2 is 2.44 bits per heavy atom. The van der Waals surface area contributed by atoms with E-state index in [0.29, 0.717) is 10.6 Å². The second kappa shape index (κ2) is 2.45. The van der Waals surface area contributed by atoms with Gasteiger partial charge in [0.05, 0.1) is 24.9 Å². The highest BCUT2D eigenvalue weighted by molar-refractivity contribution is 7.11. The Bertz CT molecular complexity index is 266. The topological polar surface area (TPSA) is 33.1 Å². The van der Waals surface area contributed by atoms with E-state index < -0.39 is 6.56 Å². The summed E-state index contributed by atoms with van der Waals surface area (Å²) < 4.78 is 14.0. The van der Waals surface area contributed by atoms with Crippen molar-refractivity contribution in [2.75, 3.05) is 0 Å². The van der Waals surface area contributed by atoms with Crippen molar-refractivity contribution in [2.45, 2.75) is 20.4 Å². The molecule has 0 aromatic carbocycles. The standard InChI is InChI=1S/C6H9NOS/c1-4-6(3-8)9-5(2)7-4/h8H,3H2,1-2H3/i3D2. The van der Waals surface area contributed by atoms with Crippen molar-refractivity contribution in [3.05, 3.63) is 15.6 Å². The fourth-order valence-electron chi connectivity index (χ4n) is 0.635. The van der Waals surface area contributed by atoms with E-state index in [1.54, 1.807) is 13.8 Å². The van der Waals surface area contributed by atoms with E-state index in [1.165, 1.54) is 11.3 Å². The molecule has 1 aromatic rings. The van der Waals surface area contributed by atoms with Crippen LogP contribution in [0.5, 0.6) is 0 Å². The number of hydrogen-bond donors (Lipinski definition) is 1. The van der Waals surface area contributed by atoms with Gasteiger partial charge in [0.15, 0.2) is 0 Å². The lowest BCUT2D eigenvalue weighted by atomic mass is 10.4. The Morgan fingerprint density at radius 3 is 2.67 bits per heavy atom. The number of rotatable bonds is 1. The van der Waals surface area contributed by atoms with E-state index in [2.05, 4.69) is 4.98 Å². The van der Waals surface area contributed by atoms with Crippen LogP contribution in [-0.4, -0.2) is 10.1 Å². The highest BCUT2D eigenvalue weighted by Gasteiger charge is 2.00. The van der Waals surface area contributed by atoms with Crippen LogP contribution in [0.25, 0.3) is 0 Å². The molecule has 0 unspecified atom stereocenters. The normalized spacial score (nSPS) is 15.0. The maximum atomic E-state index is 8.99. The molecule has 1 rings (SSSR count). The fourth-order valence-corrected chi connectivity index (χ4v) is 1.35. The van der Waals surface area contributed by atoms with Crippen LogP contribution in [0.4, 0.5) is 0 Å². The van der Waals surface area contributed by atoms with Crippen LogP contribution in [0.3, 0.4) is 0 Å². The van der Waals surface area contributed by atoms with Crippen molar-refractivity contribution in [3.63, 3.8) is 0 Å². The van der Waals surface area contributed by atoms with E-state index >= 15 is 0 Å². The SMILES string of the molecule is [2H]C([2H])(O)c1sc(C)nc1C. The first-order valence-electron chi connectivity index (χ1n) is 3.58. The Hall–Kier alpha value is -0.410. The van der Waals surface area contributed by atoms with Gasteiger partial charge in [0.1, 0.15) is 0 Å². The van der Waals surface area contributed by atoms with E-state index in [9.17, 15) is 0 Å². The zero-order chi connectivity index (χ0) is 8.65. The first-order valence-corrected chi connectivity index (χ1v) is 3.40. The molecule has 0 amide bonds. The third-order valence-corrected chi connectivity index (χ3v) is 1.98. The molecule has 0 saturated carbocycles. The minimum atomic E-state index is -2.24. The second-order valence-corrected chi connectivity index (χ2v) is 2.96. The lowest BCUT2D eigenvalue weighted by Crippen LogP contribution is -1.80. The Balaban J connectivity index is 3.13. The van der Waals surface area contributed by atoms with Gasteiger partial charge in [-0.1, -0.05) is 0 Å². The van der Waals surface area contributed by atoms with Crippen molar-refractivity contribution in [2.24, 2.45) is 0 Å². The summed E-state index contributed by atoms with van der Waals surface area (Å²) in [5.41, 5.74) is 0.569. The molecule has 0 aliphatic carbocycles. The molecule has 9 heavy (non-hydrogen) atoms. The molecule has 0 saturated heterocycles. The van der Waals surface area contributed by atoms with Gasteiger partial charge in [-0.25, -0.2) is 4.98 Å². The zero-order valence-electron chi connectivity index (χ0n) is 7.30. The number of nitrogens with zero attached hydrogens (tertiary/aromatic N) is 1. The molecule has 50 valence electrons. The van der Waals surface area contributed by atoms with E-state index in [0.717, 1.165) is 5.01 Å². The minimum absolute atomic E-state index is 0.301. The molecule has 1 heterocycles. The van der Waals surface area contributed by atoms with Crippen LogP contribution >= 0.6 is 11.3 Å². The van der Waals surface area contributed by atoms with Crippen molar-refractivity contribution in [1.29, 1.82) is 0 Å². The summed E-state index contributed by atoms with van der Waals surface area (Å²) in [5, 5.41) is 9.76. The molecule has 0 aliphatic rings. The van der Waals surface area contributed by atoms with Gasteiger partial charge in [-0.15, -0.1) is 11.3 Å². The number of thiazole rings is 1. The summed E-state index contributed by atoms with van der Waals surface area (Å²) in [6.45, 7) is 1.23. The molecule has 0 bridgehead atoms. The molecule has 0 radical (unpaired) electrons. The average Bonchev–Trinajstić information content (AvgIpc) is 2.08. The summed E-state index contributed by atoms with van der Waals surface area (Å²) >= 11 is 1.19. The monoisotopic (exact) mass is 145 g/mol. The molecule has 0 spiro atoms. The van der Waals surface area contributed by atoms with Crippen molar-refractivity contribution in [3.8, 4) is 0 Å². The van der Waals surface area contributed by atoms with Gasteiger partial charge in [-0.2, -0.15) is 0 Å². The first-order chi connectivity index (χ1) is 4.91. The summed E-state index contributed by atoms with van der Waals surface area (Å²) in [5.74, 6) is 0. The third kappa shape index (κ3) is 1.28. The van der Waals surface area contributed by atoms with Crippen molar-refractivity contribution in [1.82, 2.24) is 4.98 Å². The molecule has 2 nitrogen and oxygen atoms in total. The van der Waals surface area contributed by atoms with Crippen LogP contribution < -0.4 is 0 Å². The molecule has 0 atom stereocenters. The van der Waals surface area contributed by atoms with Crippen LogP contribution in [-0.2, 0) is 6.56 Å². The van der Waals surface area contributed by atoms with Gasteiger partial charge in [0, 0.05) is 0 Å².